The molecule has 0 unspecified atom stereocenters. The minimum atomic E-state index is -0.270. The van der Waals surface area contributed by atoms with E-state index >= 15 is 0 Å². The number of H-pyrrole nitrogens is 1. The highest BCUT2D eigenvalue weighted by molar-refractivity contribution is 5.62. The van der Waals surface area contributed by atoms with Crippen molar-refractivity contribution in [2.24, 2.45) is 0 Å². The Kier molecular flexibility index (Phi) is 5.04. The Balaban J connectivity index is 1.50. The van der Waals surface area contributed by atoms with Crippen LogP contribution in [0.1, 0.15) is 29.8 Å². The molecule has 142 valence electrons. The van der Waals surface area contributed by atoms with Gasteiger partial charge in [0.25, 0.3) is 0 Å². The lowest BCUT2D eigenvalue weighted by atomic mass is 10.1. The fourth-order valence-corrected chi connectivity index (χ4v) is 3.39. The third kappa shape index (κ3) is 3.59. The van der Waals surface area contributed by atoms with Crippen LogP contribution in [0.25, 0.3) is 16.9 Å². The Morgan fingerprint density at radius 2 is 1.93 bits per heavy atom. The SMILES string of the molecule is Cc1c([C@H](C)NCc2cn[nH]c2-c2ccccc2)cnn1-c1cccc(F)c1. The van der Waals surface area contributed by atoms with E-state index in [-0.39, 0.29) is 11.9 Å². The molecule has 0 amide bonds. The zero-order valence-electron chi connectivity index (χ0n) is 15.9. The highest BCUT2D eigenvalue weighted by atomic mass is 19.1. The van der Waals surface area contributed by atoms with Crippen molar-refractivity contribution >= 4 is 0 Å². The van der Waals surface area contributed by atoms with Crippen molar-refractivity contribution in [3.8, 4) is 16.9 Å². The molecule has 0 bridgehead atoms. The molecule has 0 aliphatic heterocycles. The van der Waals surface area contributed by atoms with Gasteiger partial charge in [-0.05, 0) is 37.6 Å². The first-order valence-electron chi connectivity index (χ1n) is 9.25. The summed E-state index contributed by atoms with van der Waals surface area (Å²) in [5.74, 6) is -0.270. The van der Waals surface area contributed by atoms with Crippen LogP contribution in [-0.4, -0.2) is 20.0 Å². The van der Waals surface area contributed by atoms with Gasteiger partial charge in [0.1, 0.15) is 5.82 Å². The molecule has 6 heteroatoms. The van der Waals surface area contributed by atoms with Crippen LogP contribution in [0.2, 0.25) is 0 Å². The molecule has 0 saturated heterocycles. The number of hydrogen-bond acceptors (Lipinski definition) is 3. The van der Waals surface area contributed by atoms with Gasteiger partial charge in [-0.1, -0.05) is 36.4 Å². The van der Waals surface area contributed by atoms with Crippen LogP contribution in [-0.2, 0) is 6.54 Å². The summed E-state index contributed by atoms with van der Waals surface area (Å²) in [6, 6.07) is 16.7. The van der Waals surface area contributed by atoms with Crippen molar-refractivity contribution in [1.82, 2.24) is 25.3 Å². The van der Waals surface area contributed by atoms with Gasteiger partial charge in [0.05, 0.1) is 23.8 Å². The fourth-order valence-electron chi connectivity index (χ4n) is 3.39. The van der Waals surface area contributed by atoms with E-state index in [0.29, 0.717) is 6.54 Å². The smallest absolute Gasteiger partial charge is 0.125 e. The van der Waals surface area contributed by atoms with Crippen molar-refractivity contribution in [2.75, 3.05) is 0 Å². The zero-order chi connectivity index (χ0) is 19.5. The van der Waals surface area contributed by atoms with Crippen LogP contribution in [0.3, 0.4) is 0 Å². The molecular weight excluding hydrogens is 353 g/mol. The first kappa shape index (κ1) is 18.1. The van der Waals surface area contributed by atoms with Crippen LogP contribution in [0, 0.1) is 12.7 Å². The molecule has 0 aliphatic carbocycles. The van der Waals surface area contributed by atoms with Gasteiger partial charge in [0, 0.05) is 29.4 Å². The van der Waals surface area contributed by atoms with Gasteiger partial charge in [-0.15, -0.1) is 0 Å². The monoisotopic (exact) mass is 375 g/mol. The predicted molar refractivity (Wildman–Crippen MR) is 108 cm³/mol. The molecule has 0 aliphatic rings. The normalized spacial score (nSPS) is 12.2. The van der Waals surface area contributed by atoms with E-state index in [1.165, 1.54) is 12.1 Å². The summed E-state index contributed by atoms with van der Waals surface area (Å²) in [6.45, 7) is 4.77. The maximum atomic E-state index is 13.5. The Hall–Kier alpha value is -3.25. The van der Waals surface area contributed by atoms with Gasteiger partial charge in [-0.3, -0.25) is 5.10 Å². The molecule has 2 N–H and O–H groups in total. The number of halogens is 1. The average molecular weight is 375 g/mol. The minimum Gasteiger partial charge on any atom is -0.306 e. The van der Waals surface area contributed by atoms with E-state index in [4.69, 9.17) is 0 Å². The van der Waals surface area contributed by atoms with Crippen molar-refractivity contribution in [3.63, 3.8) is 0 Å². The fraction of sp³-hybridized carbons (Fsp3) is 0.182. The number of nitrogens with zero attached hydrogens (tertiary/aromatic N) is 3. The number of hydrogen-bond donors (Lipinski definition) is 2. The lowest BCUT2D eigenvalue weighted by Gasteiger charge is -2.14. The summed E-state index contributed by atoms with van der Waals surface area (Å²) in [5, 5.41) is 15.3. The average Bonchev–Trinajstić information content (AvgIpc) is 3.33. The topological polar surface area (TPSA) is 58.5 Å². The maximum absolute atomic E-state index is 13.5. The molecule has 0 fully saturated rings. The molecule has 0 saturated carbocycles. The summed E-state index contributed by atoms with van der Waals surface area (Å²) in [4.78, 5) is 0. The largest absolute Gasteiger partial charge is 0.306 e. The first-order valence-corrected chi connectivity index (χ1v) is 9.25. The Morgan fingerprint density at radius 1 is 1.11 bits per heavy atom. The number of rotatable bonds is 6. The van der Waals surface area contributed by atoms with E-state index in [2.05, 4.69) is 39.7 Å². The van der Waals surface area contributed by atoms with Crippen molar-refractivity contribution < 1.29 is 4.39 Å². The van der Waals surface area contributed by atoms with Crippen LogP contribution >= 0.6 is 0 Å². The molecule has 2 aromatic carbocycles. The van der Waals surface area contributed by atoms with E-state index in [1.54, 1.807) is 10.7 Å². The number of aromatic nitrogens is 4. The molecule has 5 nitrogen and oxygen atoms in total. The molecule has 0 radical (unpaired) electrons. The number of nitrogens with one attached hydrogen (secondary N) is 2. The van der Waals surface area contributed by atoms with Crippen LogP contribution in [0.5, 0.6) is 0 Å². The van der Waals surface area contributed by atoms with E-state index in [9.17, 15) is 4.39 Å². The third-order valence-corrected chi connectivity index (χ3v) is 4.95. The second kappa shape index (κ2) is 7.78. The van der Waals surface area contributed by atoms with E-state index in [0.717, 1.165) is 33.8 Å². The van der Waals surface area contributed by atoms with E-state index in [1.807, 2.05) is 43.6 Å². The second-order valence-corrected chi connectivity index (χ2v) is 6.82. The van der Waals surface area contributed by atoms with Crippen LogP contribution in [0.15, 0.2) is 67.0 Å². The quantitative estimate of drug-likeness (QED) is 0.519. The summed E-state index contributed by atoms with van der Waals surface area (Å²) < 4.78 is 15.3. The summed E-state index contributed by atoms with van der Waals surface area (Å²) in [7, 11) is 0. The van der Waals surface area contributed by atoms with Crippen molar-refractivity contribution in [1.29, 1.82) is 0 Å². The Bertz CT molecular complexity index is 1070. The summed E-state index contributed by atoms with van der Waals surface area (Å²) in [6.07, 6.45) is 3.69. The van der Waals surface area contributed by atoms with Gasteiger partial charge in [0.15, 0.2) is 0 Å². The third-order valence-electron chi connectivity index (χ3n) is 4.95. The van der Waals surface area contributed by atoms with Crippen molar-refractivity contribution in [3.05, 3.63) is 89.6 Å². The first-order chi connectivity index (χ1) is 13.6. The lowest BCUT2D eigenvalue weighted by Crippen LogP contribution is -2.18. The lowest BCUT2D eigenvalue weighted by molar-refractivity contribution is 0.572. The molecule has 2 heterocycles. The van der Waals surface area contributed by atoms with Crippen molar-refractivity contribution in [2.45, 2.75) is 26.4 Å². The summed E-state index contributed by atoms with van der Waals surface area (Å²) >= 11 is 0. The zero-order valence-corrected chi connectivity index (χ0v) is 15.9. The van der Waals surface area contributed by atoms with Gasteiger partial charge in [-0.2, -0.15) is 10.2 Å². The minimum absolute atomic E-state index is 0.0841. The molecule has 2 aromatic heterocycles. The number of benzene rings is 2. The van der Waals surface area contributed by atoms with Crippen LogP contribution < -0.4 is 5.32 Å². The van der Waals surface area contributed by atoms with Gasteiger partial charge < -0.3 is 5.32 Å². The highest BCUT2D eigenvalue weighted by Gasteiger charge is 2.15. The highest BCUT2D eigenvalue weighted by Crippen LogP contribution is 2.23. The molecule has 0 spiro atoms. The second-order valence-electron chi connectivity index (χ2n) is 6.82. The van der Waals surface area contributed by atoms with Crippen LogP contribution in [0.4, 0.5) is 4.39 Å². The molecular formula is C22H22FN5. The number of aromatic amines is 1. The standard InChI is InChI=1S/C22H22FN5/c1-15(21-14-26-28(16(21)2)20-10-6-9-19(23)11-20)24-12-18-13-25-27-22(18)17-7-4-3-5-8-17/h3-11,13-15,24H,12H2,1-2H3,(H,25,27)/t15-/m0/s1. The Labute approximate surface area is 163 Å². The maximum Gasteiger partial charge on any atom is 0.125 e. The predicted octanol–water partition coefficient (Wildman–Crippen LogP) is 4.56. The Morgan fingerprint density at radius 3 is 2.71 bits per heavy atom. The molecule has 28 heavy (non-hydrogen) atoms. The van der Waals surface area contributed by atoms with Gasteiger partial charge in [0.2, 0.25) is 0 Å². The summed E-state index contributed by atoms with van der Waals surface area (Å²) in [5.41, 5.74) is 6.02. The van der Waals surface area contributed by atoms with Gasteiger partial charge in [-0.25, -0.2) is 9.07 Å². The molecule has 1 atom stereocenters. The van der Waals surface area contributed by atoms with E-state index < -0.39 is 0 Å². The van der Waals surface area contributed by atoms with Gasteiger partial charge >= 0.3 is 0 Å². The molecule has 4 rings (SSSR count). The molecule has 4 aromatic rings.